The van der Waals surface area contributed by atoms with Gasteiger partial charge in [-0.15, -0.1) is 11.3 Å². The number of rotatable bonds is 7. The van der Waals surface area contributed by atoms with Gasteiger partial charge in [0.15, 0.2) is 5.65 Å². The summed E-state index contributed by atoms with van der Waals surface area (Å²) in [6.07, 6.45) is 2.61. The Kier molecular flexibility index (Phi) is 7.39. The summed E-state index contributed by atoms with van der Waals surface area (Å²) in [4.78, 5) is 37.9. The van der Waals surface area contributed by atoms with Gasteiger partial charge in [0.05, 0.1) is 30.2 Å². The normalized spacial score (nSPS) is 15.1. The zero-order valence-corrected chi connectivity index (χ0v) is 20.5. The maximum absolute atomic E-state index is 13.5. The minimum Gasteiger partial charge on any atom is -0.342 e. The zero-order valence-electron chi connectivity index (χ0n) is 19.7. The molecule has 4 heterocycles. The number of aryl methyl sites for hydroxylation is 1. The second-order valence-electron chi connectivity index (χ2n) is 8.42. The van der Waals surface area contributed by atoms with Gasteiger partial charge in [0.2, 0.25) is 5.91 Å². The summed E-state index contributed by atoms with van der Waals surface area (Å²) in [5.74, 6) is 0.169. The fourth-order valence-corrected chi connectivity index (χ4v) is 5.07. The van der Waals surface area contributed by atoms with Crippen molar-refractivity contribution < 1.29 is 9.59 Å². The third-order valence-electron chi connectivity index (χ3n) is 6.20. The second kappa shape index (κ2) is 10.4. The summed E-state index contributed by atoms with van der Waals surface area (Å²) in [7, 11) is 0. The lowest BCUT2D eigenvalue weighted by molar-refractivity contribution is -0.132. The van der Waals surface area contributed by atoms with Crippen LogP contribution in [0.15, 0.2) is 29.8 Å². The first-order valence-corrected chi connectivity index (χ1v) is 12.5. The molecule has 0 spiro atoms. The van der Waals surface area contributed by atoms with Crippen molar-refractivity contribution in [1.82, 2.24) is 29.5 Å². The molecule has 1 aliphatic heterocycles. The van der Waals surface area contributed by atoms with Crippen LogP contribution in [0.25, 0.3) is 11.0 Å². The fraction of sp³-hybridized carbons (Fsp3) is 0.500. The van der Waals surface area contributed by atoms with E-state index in [-0.39, 0.29) is 11.8 Å². The number of likely N-dealkylation sites (N-methyl/N-ethyl adjacent to an activating group) is 1. The Balaban J connectivity index is 1.49. The van der Waals surface area contributed by atoms with Crippen LogP contribution in [0.2, 0.25) is 0 Å². The van der Waals surface area contributed by atoms with Crippen LogP contribution in [0.5, 0.6) is 0 Å². The van der Waals surface area contributed by atoms with Crippen LogP contribution in [-0.4, -0.2) is 87.1 Å². The topological polar surface area (TPSA) is 74.6 Å². The van der Waals surface area contributed by atoms with Gasteiger partial charge in [-0.3, -0.25) is 14.5 Å². The van der Waals surface area contributed by atoms with E-state index in [1.165, 1.54) is 4.88 Å². The van der Waals surface area contributed by atoms with E-state index < -0.39 is 0 Å². The molecule has 0 N–H and O–H groups in total. The van der Waals surface area contributed by atoms with Crippen LogP contribution < -0.4 is 0 Å². The number of hydrogen-bond donors (Lipinski definition) is 0. The number of pyridine rings is 1. The second-order valence-corrected chi connectivity index (χ2v) is 9.45. The first-order valence-electron chi connectivity index (χ1n) is 11.6. The number of hydrogen-bond acceptors (Lipinski definition) is 6. The number of carbonyl (C=O) groups is 2. The summed E-state index contributed by atoms with van der Waals surface area (Å²) < 4.78 is 1.87. The Morgan fingerprint density at radius 3 is 2.70 bits per heavy atom. The summed E-state index contributed by atoms with van der Waals surface area (Å²) in [5.41, 5.74) is 2.20. The molecule has 0 saturated carbocycles. The largest absolute Gasteiger partial charge is 0.342 e. The number of carbonyl (C=O) groups excluding carboxylic acids is 2. The SMILES string of the molecule is CCN(CC)C(=O)CN1CCCN(C(=O)c2cc(C)nc3c2cnn3Cc2cccs2)CC1. The van der Waals surface area contributed by atoms with E-state index in [1.807, 2.05) is 52.8 Å². The average molecular weight is 469 g/mol. The fourth-order valence-electron chi connectivity index (χ4n) is 4.39. The molecule has 176 valence electrons. The number of fused-ring (bicyclic) bond motifs is 1. The van der Waals surface area contributed by atoms with E-state index in [1.54, 1.807) is 17.5 Å². The lowest BCUT2D eigenvalue weighted by Crippen LogP contribution is -2.42. The van der Waals surface area contributed by atoms with Gasteiger partial charge >= 0.3 is 0 Å². The average Bonchev–Trinajstić information content (AvgIpc) is 3.40. The number of nitrogens with zero attached hydrogens (tertiary/aromatic N) is 6. The number of amides is 2. The number of thiophene rings is 1. The van der Waals surface area contributed by atoms with Gasteiger partial charge in [-0.2, -0.15) is 5.10 Å². The molecule has 0 bridgehead atoms. The molecule has 1 fully saturated rings. The third-order valence-corrected chi connectivity index (χ3v) is 7.07. The third kappa shape index (κ3) is 5.25. The molecule has 2 amide bonds. The summed E-state index contributed by atoms with van der Waals surface area (Å²) in [6, 6.07) is 5.97. The van der Waals surface area contributed by atoms with E-state index in [0.717, 1.165) is 42.8 Å². The van der Waals surface area contributed by atoms with Crippen LogP contribution in [0, 0.1) is 6.92 Å². The van der Waals surface area contributed by atoms with Crippen LogP contribution in [0.4, 0.5) is 0 Å². The van der Waals surface area contributed by atoms with Crippen molar-refractivity contribution in [3.8, 4) is 0 Å². The van der Waals surface area contributed by atoms with Crippen molar-refractivity contribution in [3.05, 3.63) is 45.9 Å². The van der Waals surface area contributed by atoms with Crippen LogP contribution in [-0.2, 0) is 11.3 Å². The number of aromatic nitrogens is 3. The van der Waals surface area contributed by atoms with Gasteiger partial charge in [-0.05, 0) is 44.7 Å². The molecule has 0 atom stereocenters. The lowest BCUT2D eigenvalue weighted by Gasteiger charge is -2.25. The van der Waals surface area contributed by atoms with Crippen molar-refractivity contribution in [2.75, 3.05) is 45.8 Å². The quantitative estimate of drug-likeness (QED) is 0.533. The summed E-state index contributed by atoms with van der Waals surface area (Å²) in [5, 5.41) is 7.38. The maximum Gasteiger partial charge on any atom is 0.254 e. The van der Waals surface area contributed by atoms with Gasteiger partial charge < -0.3 is 9.80 Å². The zero-order chi connectivity index (χ0) is 23.4. The van der Waals surface area contributed by atoms with E-state index in [9.17, 15) is 9.59 Å². The minimum atomic E-state index is 0.0121. The monoisotopic (exact) mass is 468 g/mol. The van der Waals surface area contributed by atoms with Gasteiger partial charge in [0, 0.05) is 49.8 Å². The van der Waals surface area contributed by atoms with Gasteiger partial charge in [0.25, 0.3) is 5.91 Å². The Labute approximate surface area is 198 Å². The van der Waals surface area contributed by atoms with Gasteiger partial charge in [-0.1, -0.05) is 6.07 Å². The Morgan fingerprint density at radius 1 is 1.15 bits per heavy atom. The smallest absolute Gasteiger partial charge is 0.254 e. The van der Waals surface area contributed by atoms with Crippen molar-refractivity contribution >= 4 is 34.2 Å². The Bertz CT molecular complexity index is 1110. The van der Waals surface area contributed by atoms with Crippen molar-refractivity contribution in [1.29, 1.82) is 0 Å². The van der Waals surface area contributed by atoms with E-state index >= 15 is 0 Å². The van der Waals surface area contributed by atoms with Gasteiger partial charge in [0.1, 0.15) is 0 Å². The molecular formula is C24H32N6O2S. The molecule has 3 aromatic rings. The van der Waals surface area contributed by atoms with Crippen LogP contribution in [0.3, 0.4) is 0 Å². The predicted molar refractivity (Wildman–Crippen MR) is 131 cm³/mol. The molecule has 8 nitrogen and oxygen atoms in total. The standard InChI is InChI=1S/C24H32N6O2S/c1-4-28(5-2)22(31)17-27-9-7-10-29(12-11-27)24(32)20-14-18(3)26-23-21(20)15-25-30(23)16-19-8-6-13-33-19/h6,8,13-15H,4-5,7,9-12,16-17H2,1-3H3. The highest BCUT2D eigenvalue weighted by Gasteiger charge is 2.25. The van der Waals surface area contributed by atoms with Crippen LogP contribution >= 0.6 is 11.3 Å². The van der Waals surface area contributed by atoms with E-state index in [2.05, 4.69) is 21.0 Å². The molecular weight excluding hydrogens is 436 g/mol. The van der Waals surface area contributed by atoms with Crippen molar-refractivity contribution in [2.45, 2.75) is 33.7 Å². The highest BCUT2D eigenvalue weighted by atomic mass is 32.1. The van der Waals surface area contributed by atoms with E-state index in [0.29, 0.717) is 38.3 Å². The summed E-state index contributed by atoms with van der Waals surface area (Å²) >= 11 is 1.68. The molecule has 33 heavy (non-hydrogen) atoms. The molecule has 9 heteroatoms. The predicted octanol–water partition coefficient (Wildman–Crippen LogP) is 2.87. The Hall–Kier alpha value is -2.78. The first-order chi connectivity index (χ1) is 16.0. The molecule has 4 rings (SSSR count). The maximum atomic E-state index is 13.5. The van der Waals surface area contributed by atoms with Crippen molar-refractivity contribution in [2.24, 2.45) is 0 Å². The molecule has 0 unspecified atom stereocenters. The molecule has 0 aromatic carbocycles. The lowest BCUT2D eigenvalue weighted by atomic mass is 10.1. The molecule has 3 aromatic heterocycles. The molecule has 1 saturated heterocycles. The summed E-state index contributed by atoms with van der Waals surface area (Å²) in [6.45, 7) is 11.2. The van der Waals surface area contributed by atoms with Gasteiger partial charge in [-0.25, -0.2) is 9.67 Å². The highest BCUT2D eigenvalue weighted by Crippen LogP contribution is 2.22. The molecule has 0 aliphatic carbocycles. The molecule has 0 radical (unpaired) electrons. The molecule has 1 aliphatic rings. The minimum absolute atomic E-state index is 0.0121. The first kappa shape index (κ1) is 23.4. The Morgan fingerprint density at radius 2 is 1.97 bits per heavy atom. The van der Waals surface area contributed by atoms with Crippen LogP contribution in [0.1, 0.15) is 41.2 Å². The highest BCUT2D eigenvalue weighted by molar-refractivity contribution is 7.09. The van der Waals surface area contributed by atoms with Crippen molar-refractivity contribution in [3.63, 3.8) is 0 Å². The van der Waals surface area contributed by atoms with E-state index in [4.69, 9.17) is 0 Å².